The first kappa shape index (κ1) is 21.2. The summed E-state index contributed by atoms with van der Waals surface area (Å²) in [6.45, 7) is 4.64. The van der Waals surface area contributed by atoms with Crippen LogP contribution in [0.15, 0.2) is 67.3 Å². The number of carbonyl (C=O) groups is 1. The van der Waals surface area contributed by atoms with E-state index in [0.29, 0.717) is 5.25 Å². The molecule has 0 aliphatic heterocycles. The summed E-state index contributed by atoms with van der Waals surface area (Å²) in [4.78, 5) is 15.3. The summed E-state index contributed by atoms with van der Waals surface area (Å²) in [6.07, 6.45) is 9.06. The van der Waals surface area contributed by atoms with E-state index >= 15 is 0 Å². The van der Waals surface area contributed by atoms with E-state index in [-0.39, 0.29) is 5.91 Å². The van der Waals surface area contributed by atoms with Crippen molar-refractivity contribution < 1.29 is 4.79 Å². The molecule has 0 fully saturated rings. The van der Waals surface area contributed by atoms with Gasteiger partial charge < -0.3 is 9.88 Å². The second kappa shape index (κ2) is 10.9. The number of anilines is 1. The topological polar surface area (TPSA) is 46.9 Å². The Morgan fingerprint density at radius 3 is 2.41 bits per heavy atom. The first-order valence-corrected chi connectivity index (χ1v) is 11.1. The van der Waals surface area contributed by atoms with E-state index in [1.807, 2.05) is 42.6 Å². The van der Waals surface area contributed by atoms with Crippen molar-refractivity contribution in [2.45, 2.75) is 44.9 Å². The lowest BCUT2D eigenvalue weighted by Crippen LogP contribution is -2.14. The average Bonchev–Trinajstić information content (AvgIpc) is 3.21. The third-order valence-corrected chi connectivity index (χ3v) is 6.16. The van der Waals surface area contributed by atoms with Crippen LogP contribution in [0.4, 0.5) is 5.69 Å². The molecule has 29 heavy (non-hydrogen) atoms. The third kappa shape index (κ3) is 7.42. The number of imidazole rings is 1. The van der Waals surface area contributed by atoms with Crippen molar-refractivity contribution in [1.82, 2.24) is 9.55 Å². The average molecular weight is 408 g/mol. The minimum absolute atomic E-state index is 0.0378. The van der Waals surface area contributed by atoms with Crippen molar-refractivity contribution in [3.05, 3.63) is 83.9 Å². The molecule has 4 nitrogen and oxygen atoms in total. The molecule has 2 aromatic carbocycles. The van der Waals surface area contributed by atoms with Gasteiger partial charge in [0, 0.05) is 36.8 Å². The summed E-state index contributed by atoms with van der Waals surface area (Å²) < 4.78 is 2.18. The molecule has 3 aromatic rings. The van der Waals surface area contributed by atoms with Gasteiger partial charge in [0.2, 0.25) is 5.91 Å². The van der Waals surface area contributed by atoms with E-state index in [2.05, 4.69) is 58.2 Å². The number of rotatable bonds is 10. The number of thioether (sulfide) groups is 1. The monoisotopic (exact) mass is 407 g/mol. The fourth-order valence-electron chi connectivity index (χ4n) is 3.24. The number of benzene rings is 2. The van der Waals surface area contributed by atoms with Crippen LogP contribution in [0.1, 0.15) is 30.0 Å². The minimum atomic E-state index is -0.0378. The molecular weight excluding hydrogens is 378 g/mol. The zero-order chi connectivity index (χ0) is 20.5. The fraction of sp³-hybridized carbons (Fsp3) is 0.333. The molecule has 1 unspecified atom stereocenters. The van der Waals surface area contributed by atoms with Gasteiger partial charge in [-0.05, 0) is 55.2 Å². The van der Waals surface area contributed by atoms with Gasteiger partial charge in [-0.15, -0.1) is 0 Å². The normalized spacial score (nSPS) is 11.9. The van der Waals surface area contributed by atoms with Gasteiger partial charge in [0.1, 0.15) is 0 Å². The van der Waals surface area contributed by atoms with E-state index in [0.717, 1.165) is 37.2 Å². The Labute approximate surface area is 177 Å². The number of aromatic nitrogens is 2. The molecule has 0 radical (unpaired) electrons. The predicted octanol–water partition coefficient (Wildman–Crippen LogP) is 5.13. The van der Waals surface area contributed by atoms with Gasteiger partial charge in [0.25, 0.3) is 0 Å². The van der Waals surface area contributed by atoms with E-state index in [9.17, 15) is 4.79 Å². The lowest BCUT2D eigenvalue weighted by Gasteiger charge is -2.17. The van der Waals surface area contributed by atoms with Gasteiger partial charge >= 0.3 is 0 Å². The minimum Gasteiger partial charge on any atom is -0.336 e. The van der Waals surface area contributed by atoms with Crippen LogP contribution in [0.5, 0.6) is 0 Å². The smallest absolute Gasteiger partial charge is 0.221 e. The van der Waals surface area contributed by atoms with Crippen LogP contribution in [-0.2, 0) is 24.2 Å². The van der Waals surface area contributed by atoms with Gasteiger partial charge in [-0.3, -0.25) is 4.79 Å². The molecule has 0 saturated carbocycles. The Morgan fingerprint density at radius 1 is 1.07 bits per heavy atom. The molecule has 0 aliphatic carbocycles. The molecule has 0 bridgehead atoms. The molecule has 0 saturated heterocycles. The molecule has 152 valence electrons. The Kier molecular flexibility index (Phi) is 7.94. The maximum atomic E-state index is 11.1. The zero-order valence-corrected chi connectivity index (χ0v) is 18.0. The quantitative estimate of drug-likeness (QED) is 0.507. The highest BCUT2D eigenvalue weighted by Gasteiger charge is 2.11. The first-order chi connectivity index (χ1) is 14.1. The van der Waals surface area contributed by atoms with E-state index in [4.69, 9.17) is 0 Å². The molecule has 1 heterocycles. The van der Waals surface area contributed by atoms with Crippen molar-refractivity contribution in [3.8, 4) is 0 Å². The van der Waals surface area contributed by atoms with E-state index in [1.165, 1.54) is 23.6 Å². The molecule has 1 atom stereocenters. The summed E-state index contributed by atoms with van der Waals surface area (Å²) >= 11 is 2.03. The number of hydrogen-bond donors (Lipinski definition) is 1. The van der Waals surface area contributed by atoms with Crippen molar-refractivity contribution >= 4 is 23.4 Å². The van der Waals surface area contributed by atoms with Crippen LogP contribution in [0.25, 0.3) is 0 Å². The van der Waals surface area contributed by atoms with E-state index < -0.39 is 0 Å². The van der Waals surface area contributed by atoms with Gasteiger partial charge in [0.15, 0.2) is 0 Å². The van der Waals surface area contributed by atoms with Crippen LogP contribution < -0.4 is 5.32 Å². The standard InChI is InChI=1S/C24H29N3OS/c1-19-3-5-21(6-4-19)9-12-24(17-27-15-14-25-18-27)29-16-13-22-7-10-23(11-8-22)26-20(2)28/h3-8,10-11,14-15,18,24H,9,12-13,16-17H2,1-2H3,(H,26,28). The number of amides is 1. The van der Waals surface area contributed by atoms with Crippen molar-refractivity contribution in [1.29, 1.82) is 0 Å². The molecule has 1 N–H and O–H groups in total. The Bertz CT molecular complexity index is 874. The molecule has 3 rings (SSSR count). The summed E-state index contributed by atoms with van der Waals surface area (Å²) in [5.41, 5.74) is 4.86. The highest BCUT2D eigenvalue weighted by molar-refractivity contribution is 7.99. The van der Waals surface area contributed by atoms with E-state index in [1.54, 1.807) is 0 Å². The number of aryl methyl sites for hydroxylation is 3. The van der Waals surface area contributed by atoms with Crippen LogP contribution in [0.3, 0.4) is 0 Å². The first-order valence-electron chi connectivity index (χ1n) is 10.1. The van der Waals surface area contributed by atoms with Gasteiger partial charge in [-0.2, -0.15) is 11.8 Å². The molecule has 1 amide bonds. The Morgan fingerprint density at radius 2 is 1.76 bits per heavy atom. The molecule has 5 heteroatoms. The highest BCUT2D eigenvalue weighted by Crippen LogP contribution is 2.22. The highest BCUT2D eigenvalue weighted by atomic mass is 32.2. The van der Waals surface area contributed by atoms with Crippen LogP contribution in [0, 0.1) is 6.92 Å². The SMILES string of the molecule is CC(=O)Nc1ccc(CCSC(CCc2ccc(C)cc2)Cn2ccnc2)cc1. The third-order valence-electron chi connectivity index (χ3n) is 4.87. The number of nitrogens with one attached hydrogen (secondary N) is 1. The molecular formula is C24H29N3OS. The van der Waals surface area contributed by atoms with Crippen molar-refractivity contribution in [2.24, 2.45) is 0 Å². The Balaban J connectivity index is 1.52. The van der Waals surface area contributed by atoms with Gasteiger partial charge in [0.05, 0.1) is 6.33 Å². The summed E-state index contributed by atoms with van der Waals surface area (Å²) in [6, 6.07) is 17.0. The summed E-state index contributed by atoms with van der Waals surface area (Å²) in [7, 11) is 0. The zero-order valence-electron chi connectivity index (χ0n) is 17.2. The number of nitrogens with zero attached hydrogens (tertiary/aromatic N) is 2. The number of carbonyl (C=O) groups excluding carboxylic acids is 1. The van der Waals surface area contributed by atoms with Crippen LogP contribution in [0.2, 0.25) is 0 Å². The molecule has 0 spiro atoms. The predicted molar refractivity (Wildman–Crippen MR) is 122 cm³/mol. The Hall–Kier alpha value is -2.53. The van der Waals surface area contributed by atoms with Crippen molar-refractivity contribution in [2.75, 3.05) is 11.1 Å². The second-order valence-electron chi connectivity index (χ2n) is 7.40. The second-order valence-corrected chi connectivity index (χ2v) is 8.81. The van der Waals surface area contributed by atoms with Crippen molar-refractivity contribution in [3.63, 3.8) is 0 Å². The maximum absolute atomic E-state index is 11.1. The van der Waals surface area contributed by atoms with Crippen LogP contribution >= 0.6 is 11.8 Å². The largest absolute Gasteiger partial charge is 0.336 e. The summed E-state index contributed by atoms with van der Waals surface area (Å²) in [5, 5.41) is 3.36. The van der Waals surface area contributed by atoms with Gasteiger partial charge in [-0.1, -0.05) is 42.0 Å². The maximum Gasteiger partial charge on any atom is 0.221 e. The number of hydrogen-bond acceptors (Lipinski definition) is 3. The lowest BCUT2D eigenvalue weighted by atomic mass is 10.1. The lowest BCUT2D eigenvalue weighted by molar-refractivity contribution is -0.114. The summed E-state index contributed by atoms with van der Waals surface area (Å²) in [5.74, 6) is 1.04. The van der Waals surface area contributed by atoms with Crippen LogP contribution in [-0.4, -0.2) is 26.5 Å². The molecule has 1 aromatic heterocycles. The van der Waals surface area contributed by atoms with Gasteiger partial charge in [-0.25, -0.2) is 4.98 Å². The fourth-order valence-corrected chi connectivity index (χ4v) is 4.49. The molecule has 0 aliphatic rings.